The molecule has 0 radical (unpaired) electrons. The van der Waals surface area contributed by atoms with Crippen LogP contribution in [0.4, 0.5) is 0 Å². The van der Waals surface area contributed by atoms with Gasteiger partial charge in [-0.05, 0) is 47.3 Å². The summed E-state index contributed by atoms with van der Waals surface area (Å²) < 4.78 is 6.38. The summed E-state index contributed by atoms with van der Waals surface area (Å²) >= 11 is 3.44. The van der Waals surface area contributed by atoms with Gasteiger partial charge in [0.25, 0.3) is 0 Å². The van der Waals surface area contributed by atoms with Gasteiger partial charge in [0.1, 0.15) is 5.76 Å². The highest BCUT2D eigenvalue weighted by Gasteiger charge is 2.23. The molecule has 1 atom stereocenters. The summed E-state index contributed by atoms with van der Waals surface area (Å²) in [5.74, 6) is 1.77. The molecular formula is C10H15BrN2O. The molecule has 0 spiro atoms. The minimum Gasteiger partial charge on any atom is -0.466 e. The van der Waals surface area contributed by atoms with Crippen molar-refractivity contribution >= 4 is 15.9 Å². The zero-order chi connectivity index (χ0) is 9.97. The van der Waals surface area contributed by atoms with Crippen LogP contribution >= 0.6 is 15.9 Å². The Bertz CT molecular complexity index is 296. The molecule has 1 aliphatic carbocycles. The molecule has 0 saturated heterocycles. The Hall–Kier alpha value is -0.320. The van der Waals surface area contributed by atoms with Gasteiger partial charge >= 0.3 is 0 Å². The largest absolute Gasteiger partial charge is 0.466 e. The van der Waals surface area contributed by atoms with E-state index >= 15 is 0 Å². The van der Waals surface area contributed by atoms with Crippen molar-refractivity contribution in [2.45, 2.75) is 18.9 Å². The lowest BCUT2D eigenvalue weighted by Crippen LogP contribution is -2.29. The highest BCUT2D eigenvalue weighted by atomic mass is 79.9. The molecule has 0 amide bonds. The Balaban J connectivity index is 1.93. The van der Waals surface area contributed by atoms with Crippen LogP contribution in [0.1, 0.15) is 24.6 Å². The topological polar surface area (TPSA) is 51.2 Å². The molecule has 1 unspecified atom stereocenters. The SMILES string of the molecule is NCC(NCC1CC1)c1occc1Br. The van der Waals surface area contributed by atoms with E-state index in [4.69, 9.17) is 10.2 Å². The zero-order valence-corrected chi connectivity index (χ0v) is 9.59. The van der Waals surface area contributed by atoms with E-state index < -0.39 is 0 Å². The predicted molar refractivity (Wildman–Crippen MR) is 58.9 cm³/mol. The number of furan rings is 1. The summed E-state index contributed by atoms with van der Waals surface area (Å²) in [7, 11) is 0. The zero-order valence-electron chi connectivity index (χ0n) is 8.00. The molecule has 1 aliphatic rings. The Morgan fingerprint density at radius 1 is 1.64 bits per heavy atom. The summed E-state index contributed by atoms with van der Waals surface area (Å²) in [5.41, 5.74) is 5.70. The first-order valence-corrected chi connectivity index (χ1v) is 5.77. The molecule has 4 heteroatoms. The molecule has 1 aromatic heterocycles. The first-order valence-electron chi connectivity index (χ1n) is 4.97. The lowest BCUT2D eigenvalue weighted by molar-refractivity contribution is 0.410. The van der Waals surface area contributed by atoms with Crippen molar-refractivity contribution in [1.82, 2.24) is 5.32 Å². The van der Waals surface area contributed by atoms with Crippen LogP contribution in [-0.2, 0) is 0 Å². The number of nitrogens with two attached hydrogens (primary N) is 1. The van der Waals surface area contributed by atoms with Crippen LogP contribution in [0, 0.1) is 5.92 Å². The predicted octanol–water partition coefficient (Wildman–Crippen LogP) is 2.04. The molecule has 78 valence electrons. The van der Waals surface area contributed by atoms with E-state index in [1.165, 1.54) is 12.8 Å². The molecule has 0 aromatic carbocycles. The van der Waals surface area contributed by atoms with E-state index in [1.807, 2.05) is 6.07 Å². The number of halogens is 1. The summed E-state index contributed by atoms with van der Waals surface area (Å²) in [6, 6.07) is 2.04. The molecule has 0 bridgehead atoms. The van der Waals surface area contributed by atoms with Gasteiger partial charge in [-0.25, -0.2) is 0 Å². The van der Waals surface area contributed by atoms with E-state index in [2.05, 4.69) is 21.2 Å². The van der Waals surface area contributed by atoms with Gasteiger partial charge in [0, 0.05) is 6.54 Å². The molecule has 3 nitrogen and oxygen atoms in total. The minimum atomic E-state index is 0.139. The van der Waals surface area contributed by atoms with E-state index in [-0.39, 0.29) is 6.04 Å². The summed E-state index contributed by atoms with van der Waals surface area (Å²) in [6.45, 7) is 1.62. The van der Waals surface area contributed by atoms with E-state index in [0.717, 1.165) is 22.7 Å². The average molecular weight is 259 g/mol. The third-order valence-electron chi connectivity index (χ3n) is 2.55. The van der Waals surface area contributed by atoms with Crippen LogP contribution in [0.5, 0.6) is 0 Å². The number of nitrogens with one attached hydrogen (secondary N) is 1. The first-order chi connectivity index (χ1) is 6.81. The van der Waals surface area contributed by atoms with Crippen molar-refractivity contribution in [3.63, 3.8) is 0 Å². The molecule has 0 aliphatic heterocycles. The van der Waals surface area contributed by atoms with Crippen molar-refractivity contribution in [2.75, 3.05) is 13.1 Å². The summed E-state index contributed by atoms with van der Waals surface area (Å²) in [5, 5.41) is 3.43. The highest BCUT2D eigenvalue weighted by Crippen LogP contribution is 2.29. The smallest absolute Gasteiger partial charge is 0.136 e. The van der Waals surface area contributed by atoms with Gasteiger partial charge in [0.2, 0.25) is 0 Å². The molecule has 1 fully saturated rings. The van der Waals surface area contributed by atoms with Crippen molar-refractivity contribution < 1.29 is 4.42 Å². The van der Waals surface area contributed by atoms with E-state index in [1.54, 1.807) is 6.26 Å². The van der Waals surface area contributed by atoms with Gasteiger partial charge in [-0.1, -0.05) is 0 Å². The molecule has 1 heterocycles. The average Bonchev–Trinajstić information content (AvgIpc) is 2.92. The third-order valence-corrected chi connectivity index (χ3v) is 3.20. The minimum absolute atomic E-state index is 0.139. The van der Waals surface area contributed by atoms with Gasteiger partial charge in [-0.2, -0.15) is 0 Å². The third kappa shape index (κ3) is 2.38. The quantitative estimate of drug-likeness (QED) is 0.850. The molecule has 3 N–H and O–H groups in total. The van der Waals surface area contributed by atoms with Gasteiger partial charge < -0.3 is 15.5 Å². The fraction of sp³-hybridized carbons (Fsp3) is 0.600. The van der Waals surface area contributed by atoms with Crippen LogP contribution in [0.2, 0.25) is 0 Å². The van der Waals surface area contributed by atoms with Crippen LogP contribution in [0.3, 0.4) is 0 Å². The summed E-state index contributed by atoms with van der Waals surface area (Å²) in [4.78, 5) is 0. The van der Waals surface area contributed by atoms with Crippen molar-refractivity contribution in [3.05, 3.63) is 22.6 Å². The molecular weight excluding hydrogens is 244 g/mol. The van der Waals surface area contributed by atoms with Gasteiger partial charge in [0.05, 0.1) is 16.8 Å². The second-order valence-corrected chi connectivity index (χ2v) is 4.63. The second kappa shape index (κ2) is 4.47. The van der Waals surface area contributed by atoms with Gasteiger partial charge in [0.15, 0.2) is 0 Å². The normalized spacial score (nSPS) is 18.4. The van der Waals surface area contributed by atoms with Crippen molar-refractivity contribution in [1.29, 1.82) is 0 Å². The van der Waals surface area contributed by atoms with Crippen molar-refractivity contribution in [2.24, 2.45) is 11.7 Å². The highest BCUT2D eigenvalue weighted by molar-refractivity contribution is 9.10. The van der Waals surface area contributed by atoms with E-state index in [9.17, 15) is 0 Å². The van der Waals surface area contributed by atoms with Crippen LogP contribution in [-0.4, -0.2) is 13.1 Å². The maximum Gasteiger partial charge on any atom is 0.136 e. The lowest BCUT2D eigenvalue weighted by atomic mass is 10.2. The van der Waals surface area contributed by atoms with Crippen LogP contribution < -0.4 is 11.1 Å². The first kappa shape index (κ1) is 10.2. The lowest BCUT2D eigenvalue weighted by Gasteiger charge is -2.14. The maximum atomic E-state index is 5.70. The second-order valence-electron chi connectivity index (χ2n) is 3.77. The standard InChI is InChI=1S/C10H15BrN2O/c11-8-3-4-14-10(8)9(5-12)13-6-7-1-2-7/h3-4,7,9,13H,1-2,5-6,12H2. The van der Waals surface area contributed by atoms with E-state index in [0.29, 0.717) is 6.54 Å². The number of hydrogen-bond acceptors (Lipinski definition) is 3. The Labute approximate surface area is 92.2 Å². The van der Waals surface area contributed by atoms with Crippen molar-refractivity contribution in [3.8, 4) is 0 Å². The molecule has 1 aromatic rings. The maximum absolute atomic E-state index is 5.70. The fourth-order valence-electron chi connectivity index (χ4n) is 1.47. The van der Waals surface area contributed by atoms with Crippen LogP contribution in [0.15, 0.2) is 21.2 Å². The summed E-state index contributed by atoms with van der Waals surface area (Å²) in [6.07, 6.45) is 4.38. The fourth-order valence-corrected chi connectivity index (χ4v) is 1.95. The van der Waals surface area contributed by atoms with Gasteiger partial charge in [-0.15, -0.1) is 0 Å². The number of rotatable bonds is 5. The molecule has 14 heavy (non-hydrogen) atoms. The Kier molecular flexibility index (Phi) is 3.26. The Morgan fingerprint density at radius 3 is 2.93 bits per heavy atom. The Morgan fingerprint density at radius 2 is 2.43 bits per heavy atom. The monoisotopic (exact) mass is 258 g/mol. The van der Waals surface area contributed by atoms with Crippen LogP contribution in [0.25, 0.3) is 0 Å². The van der Waals surface area contributed by atoms with Gasteiger partial charge in [-0.3, -0.25) is 0 Å². The molecule has 1 saturated carbocycles. The molecule has 2 rings (SSSR count). The number of hydrogen-bond donors (Lipinski definition) is 2.